The molecule has 0 aromatic heterocycles. The van der Waals surface area contributed by atoms with E-state index in [9.17, 15) is 0 Å². The van der Waals surface area contributed by atoms with Crippen LogP contribution in [0.3, 0.4) is 0 Å². The van der Waals surface area contributed by atoms with Gasteiger partial charge < -0.3 is 0 Å². The molecule has 0 bridgehead atoms. The third-order valence-corrected chi connectivity index (χ3v) is 21.2. The molecule has 0 N–H and O–H groups in total. The van der Waals surface area contributed by atoms with Gasteiger partial charge in [0.15, 0.2) is 0 Å². The summed E-state index contributed by atoms with van der Waals surface area (Å²) in [5.41, 5.74) is 0.0489. The van der Waals surface area contributed by atoms with Crippen molar-refractivity contribution in [2.75, 3.05) is 0 Å². The van der Waals surface area contributed by atoms with Gasteiger partial charge in [-0.05, 0) is 0 Å². The van der Waals surface area contributed by atoms with Gasteiger partial charge in [0.05, 0.1) is 0 Å². The Morgan fingerprint density at radius 2 is 1.20 bits per heavy atom. The minimum atomic E-state index is -2.35. The zero-order valence-corrected chi connectivity index (χ0v) is 18.3. The van der Waals surface area contributed by atoms with Crippen LogP contribution in [0.2, 0.25) is 0 Å². The predicted molar refractivity (Wildman–Crippen MR) is 91.2 cm³/mol. The van der Waals surface area contributed by atoms with Gasteiger partial charge in [0.25, 0.3) is 0 Å². The molecule has 0 unspecified atom stereocenters. The Balaban J connectivity index is 2.14. The van der Waals surface area contributed by atoms with Crippen LogP contribution >= 0.6 is 13.6 Å². The number of rotatable bonds is 5. The van der Waals surface area contributed by atoms with Crippen molar-refractivity contribution in [3.8, 4) is 11.5 Å². The van der Waals surface area contributed by atoms with Crippen LogP contribution in [0.4, 0.5) is 0 Å². The summed E-state index contributed by atoms with van der Waals surface area (Å²) >= 11 is 6.27. The molecule has 2 aromatic carbocycles. The average molecular weight is 514 g/mol. The molecule has 0 aliphatic carbocycles. The minimum absolute atomic E-state index is 0.668. The van der Waals surface area contributed by atoms with Crippen molar-refractivity contribution in [2.24, 2.45) is 0 Å². The van der Waals surface area contributed by atoms with Crippen molar-refractivity contribution >= 4 is 49.7 Å². The first-order chi connectivity index (χ1) is 9.50. The molecule has 20 heavy (non-hydrogen) atoms. The first-order valence-corrected chi connectivity index (χ1v) is 15.6. The van der Waals surface area contributed by atoms with Gasteiger partial charge in [-0.15, -0.1) is 0 Å². The number of aryl methyl sites for hydroxylation is 2. The monoisotopic (exact) mass is 514 g/mol. The van der Waals surface area contributed by atoms with E-state index in [2.05, 4.69) is 0 Å². The van der Waals surface area contributed by atoms with Crippen molar-refractivity contribution < 1.29 is 9.05 Å². The third-order valence-electron chi connectivity index (χ3n) is 2.61. The van der Waals surface area contributed by atoms with E-state index < -0.39 is 5.69 Å². The van der Waals surface area contributed by atoms with Gasteiger partial charge in [0.2, 0.25) is 0 Å². The van der Waals surface area contributed by atoms with Crippen LogP contribution in [0, 0.1) is 13.8 Å². The Bertz CT molecular complexity index is 563. The fourth-order valence-electron chi connectivity index (χ4n) is 1.52. The van der Waals surface area contributed by atoms with Crippen LogP contribution in [0.5, 0.6) is 11.5 Å². The third kappa shape index (κ3) is 4.76. The predicted octanol–water partition coefficient (Wildman–Crippen LogP) is 4.80. The van der Waals surface area contributed by atoms with E-state index in [4.69, 9.17) is 20.9 Å². The molecular weight excluding hydrogens is 500 g/mol. The van der Waals surface area contributed by atoms with E-state index >= 15 is 0 Å². The van der Waals surface area contributed by atoms with Gasteiger partial charge in [-0.3, -0.25) is 0 Å². The fourth-order valence-corrected chi connectivity index (χ4v) is 6.70. The topological polar surface area (TPSA) is 18.5 Å². The summed E-state index contributed by atoms with van der Waals surface area (Å²) in [7, 11) is 1.62. The fraction of sp³-hybridized carbons (Fsp3) is 0.143. The second kappa shape index (κ2) is 7.29. The SMILES string of the molecule is Cc1ccc(OP(=S)(Oc2ccc(C)cc2)[S][Tl])cc1. The molecule has 2 nitrogen and oxygen atoms in total. The van der Waals surface area contributed by atoms with Crippen LogP contribution < -0.4 is 9.05 Å². The van der Waals surface area contributed by atoms with Crippen LogP contribution in [0.15, 0.2) is 48.5 Å². The molecule has 0 spiro atoms. The molecule has 0 saturated carbocycles. The second-order valence-electron chi connectivity index (χ2n) is 4.36. The molecule has 6 heteroatoms. The van der Waals surface area contributed by atoms with Crippen molar-refractivity contribution in [1.29, 1.82) is 0 Å². The summed E-state index contributed by atoms with van der Waals surface area (Å²) in [5.74, 6) is 1.55. The number of benzene rings is 2. The first-order valence-electron chi connectivity index (χ1n) is 6.02. The van der Waals surface area contributed by atoms with Gasteiger partial charge in [0, 0.05) is 0 Å². The maximum atomic E-state index is 5.95. The van der Waals surface area contributed by atoms with E-state index in [-0.39, 0.29) is 0 Å². The van der Waals surface area contributed by atoms with Crippen molar-refractivity contribution in [2.45, 2.75) is 13.8 Å². The van der Waals surface area contributed by atoms with Crippen LogP contribution in [0.25, 0.3) is 0 Å². The standard InChI is InChI=1S/C14H15O2PS2.Tl/c1-11-3-7-13(8-4-11)15-17(18,19)16-14-9-5-12(2)6-10-14;/h3-10H,1-2H3,(H,18,19);/q;+1/p-1. The van der Waals surface area contributed by atoms with Gasteiger partial charge in [-0.1, -0.05) is 0 Å². The summed E-state index contributed by atoms with van der Waals surface area (Å²) in [4.78, 5) is 0. The van der Waals surface area contributed by atoms with E-state index in [0.29, 0.717) is 24.3 Å². The number of hydrogen-bond acceptors (Lipinski definition) is 4. The van der Waals surface area contributed by atoms with Gasteiger partial charge in [-0.25, -0.2) is 0 Å². The van der Waals surface area contributed by atoms with Gasteiger partial charge in [0.1, 0.15) is 0 Å². The molecular formula is C14H14O2PS2Tl. The molecule has 0 aliphatic rings. The normalized spacial score (nSPS) is 11.1. The molecule has 0 amide bonds. The van der Waals surface area contributed by atoms with Crippen molar-refractivity contribution in [3.05, 3.63) is 59.7 Å². The Morgan fingerprint density at radius 3 is 1.50 bits per heavy atom. The maximum absolute atomic E-state index is 5.95. The van der Waals surface area contributed by atoms with Crippen LogP contribution in [0.1, 0.15) is 11.1 Å². The second-order valence-corrected chi connectivity index (χ2v) is 17.4. The molecule has 2 rings (SSSR count). The summed E-state index contributed by atoms with van der Waals surface area (Å²) < 4.78 is 11.9. The summed E-state index contributed by atoms with van der Waals surface area (Å²) in [6, 6.07) is 15.8. The molecule has 0 radical (unpaired) electrons. The number of hydrogen-bond donors (Lipinski definition) is 0. The molecule has 0 heterocycles. The molecule has 2 aromatic rings. The molecule has 102 valence electrons. The van der Waals surface area contributed by atoms with Gasteiger partial charge in [-0.2, -0.15) is 0 Å². The van der Waals surface area contributed by atoms with Gasteiger partial charge >= 0.3 is 144 Å². The Hall–Kier alpha value is -0.0379. The Kier molecular flexibility index (Phi) is 5.96. The van der Waals surface area contributed by atoms with E-state index in [0.717, 1.165) is 11.5 Å². The molecule has 0 atom stereocenters. The first kappa shape index (κ1) is 16.3. The van der Waals surface area contributed by atoms with Crippen molar-refractivity contribution in [3.63, 3.8) is 0 Å². The summed E-state index contributed by atoms with van der Waals surface area (Å²) in [5, 5.41) is 0. The molecule has 0 saturated heterocycles. The van der Waals surface area contributed by atoms with E-state index in [1.54, 1.807) is 7.93 Å². The summed E-state index contributed by atoms with van der Waals surface area (Å²) in [6.45, 7) is 4.09. The summed E-state index contributed by atoms with van der Waals surface area (Å²) in [6.07, 6.45) is 0. The zero-order chi connectivity index (χ0) is 14.6. The molecule has 0 fully saturated rings. The zero-order valence-electron chi connectivity index (χ0n) is 11.3. The average Bonchev–Trinajstić information content (AvgIpc) is 2.44. The van der Waals surface area contributed by atoms with Crippen LogP contribution in [-0.2, 0) is 11.8 Å². The quantitative estimate of drug-likeness (QED) is 0.422. The van der Waals surface area contributed by atoms with Crippen molar-refractivity contribution in [1.82, 2.24) is 0 Å². The van der Waals surface area contributed by atoms with E-state index in [1.165, 1.54) is 11.1 Å². The van der Waals surface area contributed by atoms with Crippen LogP contribution in [-0.4, -0.2) is 24.3 Å². The Labute approximate surface area is 143 Å². The molecule has 0 aliphatic heterocycles. The Morgan fingerprint density at radius 1 is 0.850 bits per heavy atom. The van der Waals surface area contributed by atoms with E-state index in [1.807, 2.05) is 62.4 Å².